The van der Waals surface area contributed by atoms with Crippen molar-refractivity contribution in [3.05, 3.63) is 60.1 Å². The van der Waals surface area contributed by atoms with Crippen LogP contribution in [0.3, 0.4) is 0 Å². The van der Waals surface area contributed by atoms with E-state index in [0.29, 0.717) is 41.7 Å². The van der Waals surface area contributed by atoms with Crippen LogP contribution in [-0.2, 0) is 14.9 Å². The van der Waals surface area contributed by atoms with E-state index in [1.807, 2.05) is 49.1 Å². The average molecular weight is 641 g/mol. The predicted molar refractivity (Wildman–Crippen MR) is 186 cm³/mol. The molecule has 3 heterocycles. The number of hydrogen-bond donors (Lipinski definition) is 2. The number of nitrogens with zero attached hydrogens (tertiary/aromatic N) is 6. The average Bonchev–Trinajstić information content (AvgIpc) is 3.29. The number of likely N-dealkylation sites (N-methyl/N-ethyl adjacent to an activating group) is 2. The molecule has 248 valence electrons. The molecule has 0 radical (unpaired) electrons. The molecule has 0 atom stereocenters. The van der Waals surface area contributed by atoms with Crippen molar-refractivity contribution in [2.24, 2.45) is 0 Å². The molecule has 2 aromatic heterocycles. The minimum atomic E-state index is -0.536. The van der Waals surface area contributed by atoms with E-state index in [4.69, 9.17) is 19.4 Å². The highest BCUT2D eigenvalue weighted by Gasteiger charge is 2.40. The monoisotopic (exact) mass is 640 g/mol. The molecular formula is C35H44N8O4. The van der Waals surface area contributed by atoms with Crippen molar-refractivity contribution in [1.82, 2.24) is 19.9 Å². The molecule has 0 aliphatic carbocycles. The number of esters is 1. The number of methoxy groups -OCH3 is 1. The van der Waals surface area contributed by atoms with Crippen LogP contribution < -0.4 is 25.2 Å². The zero-order valence-corrected chi connectivity index (χ0v) is 28.7. The summed E-state index contributed by atoms with van der Waals surface area (Å²) in [5, 5.41) is 6.15. The fourth-order valence-electron chi connectivity index (χ4n) is 5.20. The Balaban J connectivity index is 1.82. The van der Waals surface area contributed by atoms with E-state index in [1.54, 1.807) is 33.9 Å². The van der Waals surface area contributed by atoms with Gasteiger partial charge in [0.1, 0.15) is 17.0 Å². The molecule has 0 saturated heterocycles. The normalized spacial score (nSPS) is 13.0. The van der Waals surface area contributed by atoms with Gasteiger partial charge in [-0.15, -0.1) is 0 Å². The number of pyridine rings is 1. The largest absolute Gasteiger partial charge is 0.494 e. The molecule has 4 rings (SSSR count). The zero-order valence-electron chi connectivity index (χ0n) is 28.7. The predicted octanol–water partition coefficient (Wildman–Crippen LogP) is 5.11. The lowest BCUT2D eigenvalue weighted by Gasteiger charge is -2.26. The highest BCUT2D eigenvalue weighted by molar-refractivity contribution is 6.02. The van der Waals surface area contributed by atoms with Gasteiger partial charge in [-0.05, 0) is 65.1 Å². The Hall–Kier alpha value is -5.15. The van der Waals surface area contributed by atoms with Crippen LogP contribution in [0, 0.1) is 11.8 Å². The van der Waals surface area contributed by atoms with Gasteiger partial charge in [-0.2, -0.15) is 4.98 Å². The van der Waals surface area contributed by atoms with Gasteiger partial charge in [0.15, 0.2) is 5.82 Å². The van der Waals surface area contributed by atoms with Crippen LogP contribution in [0.1, 0.15) is 56.4 Å². The van der Waals surface area contributed by atoms with Crippen molar-refractivity contribution in [2.75, 3.05) is 68.3 Å². The summed E-state index contributed by atoms with van der Waals surface area (Å²) in [5.41, 5.74) is 4.00. The lowest BCUT2D eigenvalue weighted by Crippen LogP contribution is -2.29. The highest BCUT2D eigenvalue weighted by Crippen LogP contribution is 2.44. The molecule has 0 spiro atoms. The van der Waals surface area contributed by atoms with Crippen LogP contribution in [0.15, 0.2) is 43.1 Å². The smallest absolute Gasteiger partial charge is 0.343 e. The Morgan fingerprint density at radius 2 is 1.89 bits per heavy atom. The van der Waals surface area contributed by atoms with Crippen molar-refractivity contribution in [1.29, 1.82) is 0 Å². The summed E-state index contributed by atoms with van der Waals surface area (Å²) in [7, 11) is 7.51. The number of rotatable bonds is 12. The molecule has 1 aliphatic rings. The Morgan fingerprint density at radius 1 is 1.15 bits per heavy atom. The molecule has 0 bridgehead atoms. The molecule has 12 heteroatoms. The fraction of sp³-hybridized carbons (Fsp3) is 0.400. The molecule has 47 heavy (non-hydrogen) atoms. The van der Waals surface area contributed by atoms with Gasteiger partial charge in [0.25, 0.3) is 0 Å². The first kappa shape index (κ1) is 34.7. The Kier molecular flexibility index (Phi) is 10.7. The van der Waals surface area contributed by atoms with Crippen LogP contribution in [0.25, 0.3) is 0 Å². The molecule has 2 N–H and O–H groups in total. The van der Waals surface area contributed by atoms with Gasteiger partial charge >= 0.3 is 5.97 Å². The summed E-state index contributed by atoms with van der Waals surface area (Å²) in [6.07, 6.45) is 2.34. The van der Waals surface area contributed by atoms with Crippen LogP contribution in [0.2, 0.25) is 0 Å². The van der Waals surface area contributed by atoms with E-state index in [9.17, 15) is 9.59 Å². The van der Waals surface area contributed by atoms with Crippen molar-refractivity contribution < 1.29 is 19.1 Å². The summed E-state index contributed by atoms with van der Waals surface area (Å²) in [4.78, 5) is 46.0. The molecule has 1 amide bonds. The van der Waals surface area contributed by atoms with E-state index in [-0.39, 0.29) is 28.9 Å². The minimum absolute atomic E-state index is 0.210. The van der Waals surface area contributed by atoms with Crippen molar-refractivity contribution in [2.45, 2.75) is 46.1 Å². The molecule has 1 aromatic carbocycles. The molecule has 3 aromatic rings. The third-order valence-electron chi connectivity index (χ3n) is 7.50. The van der Waals surface area contributed by atoms with Gasteiger partial charge in [0.05, 0.1) is 41.7 Å². The number of ether oxygens (including phenoxy) is 2. The summed E-state index contributed by atoms with van der Waals surface area (Å²) in [5.74, 6) is 6.13. The lowest BCUT2D eigenvalue weighted by molar-refractivity contribution is -0.111. The molecular weight excluding hydrogens is 596 g/mol. The third-order valence-corrected chi connectivity index (χ3v) is 7.50. The van der Waals surface area contributed by atoms with Gasteiger partial charge in [-0.3, -0.25) is 4.79 Å². The van der Waals surface area contributed by atoms with Crippen LogP contribution >= 0.6 is 0 Å². The van der Waals surface area contributed by atoms with Crippen molar-refractivity contribution >= 4 is 46.4 Å². The first-order valence-corrected chi connectivity index (χ1v) is 15.4. The van der Waals surface area contributed by atoms with E-state index in [0.717, 1.165) is 23.6 Å². The van der Waals surface area contributed by atoms with E-state index in [2.05, 4.69) is 52.8 Å². The molecule has 12 nitrogen and oxygen atoms in total. The molecule has 0 fully saturated rings. The first-order valence-electron chi connectivity index (χ1n) is 15.4. The van der Waals surface area contributed by atoms with Crippen molar-refractivity contribution in [3.8, 4) is 17.6 Å². The Bertz CT molecular complexity index is 1720. The molecule has 0 unspecified atom stereocenters. The number of aromatic nitrogens is 3. The number of carbonyl (C=O) groups is 2. The van der Waals surface area contributed by atoms with Gasteiger partial charge < -0.3 is 34.8 Å². The second kappa shape index (κ2) is 14.5. The number of benzene rings is 1. The first-order chi connectivity index (χ1) is 22.3. The van der Waals surface area contributed by atoms with E-state index < -0.39 is 5.97 Å². The Morgan fingerprint density at radius 3 is 2.53 bits per heavy atom. The van der Waals surface area contributed by atoms with E-state index >= 15 is 0 Å². The summed E-state index contributed by atoms with van der Waals surface area (Å²) in [6, 6.07) is 7.41. The quantitative estimate of drug-likeness (QED) is 0.156. The third kappa shape index (κ3) is 7.99. The second-order valence-electron chi connectivity index (χ2n) is 12.4. The van der Waals surface area contributed by atoms with Crippen LogP contribution in [0.5, 0.6) is 5.75 Å². The number of anilines is 6. The topological polar surface area (TPSA) is 125 Å². The number of carbonyl (C=O) groups excluding carboxylic acids is 2. The second-order valence-corrected chi connectivity index (χ2v) is 12.4. The maximum absolute atomic E-state index is 13.3. The highest BCUT2D eigenvalue weighted by atomic mass is 16.5. The van der Waals surface area contributed by atoms with Gasteiger partial charge in [-0.1, -0.05) is 26.3 Å². The molecule has 0 saturated carbocycles. The molecule has 1 aliphatic heterocycles. The number of fused-ring (bicyclic) bond motifs is 1. The van der Waals surface area contributed by atoms with Gasteiger partial charge in [0.2, 0.25) is 11.9 Å². The van der Waals surface area contributed by atoms with Gasteiger partial charge in [0, 0.05) is 44.4 Å². The summed E-state index contributed by atoms with van der Waals surface area (Å²) < 4.78 is 11.3. The number of nitrogens with one attached hydrogen (secondary N) is 2. The maximum Gasteiger partial charge on any atom is 0.343 e. The van der Waals surface area contributed by atoms with E-state index in [1.165, 1.54) is 12.3 Å². The summed E-state index contributed by atoms with van der Waals surface area (Å²) >= 11 is 0. The number of amides is 1. The summed E-state index contributed by atoms with van der Waals surface area (Å²) in [6.45, 7) is 15.1. The fourth-order valence-corrected chi connectivity index (χ4v) is 5.20. The SMILES string of the molecule is C=CC(=O)Nc1cc(Nc2ncc(C(=O)OC(C)C)c(N3CC(C)(C)c4nc(C#CC)ccc43)n2)c(OC)cc1N(C)CCN(C)C. The Labute approximate surface area is 277 Å². The minimum Gasteiger partial charge on any atom is -0.494 e. The maximum atomic E-state index is 13.3. The number of hydrogen-bond acceptors (Lipinski definition) is 11. The lowest BCUT2D eigenvalue weighted by atomic mass is 9.91. The van der Waals surface area contributed by atoms with Crippen LogP contribution in [0.4, 0.5) is 34.5 Å². The van der Waals surface area contributed by atoms with Crippen molar-refractivity contribution in [3.63, 3.8) is 0 Å². The standard InChI is InChI=1S/C35H44N8O4/c1-11-13-23-14-15-27-31(37-23)35(5,6)21-43(27)32-24(33(45)47-22(3)4)20-36-34(40-32)39-26-18-25(38-30(44)12-2)28(19-29(26)46-10)42(9)17-16-41(7)8/h12,14-15,18-20,22H,2,16-17,21H2,1,3-10H3,(H,38,44)(H,36,39,40). The van der Waals surface area contributed by atoms with Gasteiger partial charge in [-0.25, -0.2) is 14.8 Å². The van der Waals surface area contributed by atoms with Crippen LogP contribution in [-0.4, -0.2) is 85.7 Å². The zero-order chi connectivity index (χ0) is 34.5.